The Bertz CT molecular complexity index is 1070. The highest BCUT2D eigenvalue weighted by molar-refractivity contribution is 5.94. The Morgan fingerprint density at radius 1 is 1.40 bits per heavy atom. The average Bonchev–Trinajstić information content (AvgIpc) is 3.27. The van der Waals surface area contributed by atoms with Gasteiger partial charge in [0.25, 0.3) is 5.91 Å². The smallest absolute Gasteiger partial charge is 0.380 e. The second-order valence-electron chi connectivity index (χ2n) is 7.33. The van der Waals surface area contributed by atoms with Crippen LogP contribution in [0.5, 0.6) is 0 Å². The molecular formula is C18H19F3N6O3. The van der Waals surface area contributed by atoms with Gasteiger partial charge in [0.2, 0.25) is 0 Å². The van der Waals surface area contributed by atoms with E-state index in [2.05, 4.69) is 30.7 Å². The van der Waals surface area contributed by atoms with Gasteiger partial charge in [0.1, 0.15) is 23.6 Å². The lowest BCUT2D eigenvalue weighted by Crippen LogP contribution is -2.62. The molecular weight excluding hydrogens is 405 g/mol. The van der Waals surface area contributed by atoms with E-state index in [0.717, 1.165) is 5.39 Å². The standard InChI is InChI=1S/C18H19F3N6O3/c1-9-12(3-5-23-15-11-2-4-22-14(11)24-8-25-15)30-27-13(9)16(28)26-10-6-17(29,7-10)18(19,20)21/h2,4,8,10,29H,3,5-7H2,1H3,(H,26,28)(H2,22,23,24,25). The van der Waals surface area contributed by atoms with E-state index < -0.39 is 36.6 Å². The van der Waals surface area contributed by atoms with Crippen molar-refractivity contribution in [3.63, 3.8) is 0 Å². The molecule has 12 heteroatoms. The Hall–Kier alpha value is -3.15. The average molecular weight is 424 g/mol. The van der Waals surface area contributed by atoms with Gasteiger partial charge in [-0.3, -0.25) is 4.79 Å². The zero-order valence-corrected chi connectivity index (χ0v) is 15.9. The summed E-state index contributed by atoms with van der Waals surface area (Å²) in [6.07, 6.45) is -2.27. The van der Waals surface area contributed by atoms with E-state index in [-0.39, 0.29) is 5.69 Å². The number of aromatic amines is 1. The molecule has 30 heavy (non-hydrogen) atoms. The van der Waals surface area contributed by atoms with Crippen molar-refractivity contribution in [2.45, 2.75) is 44.0 Å². The molecule has 0 atom stereocenters. The van der Waals surface area contributed by atoms with Gasteiger partial charge < -0.3 is 25.2 Å². The summed E-state index contributed by atoms with van der Waals surface area (Å²) < 4.78 is 43.3. The van der Waals surface area contributed by atoms with Crippen LogP contribution in [0.1, 0.15) is 34.7 Å². The molecule has 0 spiro atoms. The summed E-state index contributed by atoms with van der Waals surface area (Å²) in [5, 5.41) is 19.7. The minimum Gasteiger partial charge on any atom is -0.380 e. The highest BCUT2D eigenvalue weighted by Gasteiger charge is 2.61. The molecule has 4 N–H and O–H groups in total. The van der Waals surface area contributed by atoms with Crippen molar-refractivity contribution in [1.82, 2.24) is 25.4 Å². The molecule has 1 amide bonds. The molecule has 160 valence electrons. The summed E-state index contributed by atoms with van der Waals surface area (Å²) in [6.45, 7) is 2.11. The predicted molar refractivity (Wildman–Crippen MR) is 98.8 cm³/mol. The van der Waals surface area contributed by atoms with Crippen LogP contribution in [0.4, 0.5) is 19.0 Å². The van der Waals surface area contributed by atoms with Crippen molar-refractivity contribution in [3.8, 4) is 0 Å². The van der Waals surface area contributed by atoms with Crippen LogP contribution < -0.4 is 10.6 Å². The first-order valence-electron chi connectivity index (χ1n) is 9.25. The largest absolute Gasteiger partial charge is 0.417 e. The zero-order valence-electron chi connectivity index (χ0n) is 15.9. The van der Waals surface area contributed by atoms with Gasteiger partial charge in [-0.15, -0.1) is 0 Å². The Morgan fingerprint density at radius 3 is 2.90 bits per heavy atom. The van der Waals surface area contributed by atoms with Gasteiger partial charge in [0.05, 0.1) is 5.39 Å². The molecule has 0 aliphatic heterocycles. The monoisotopic (exact) mass is 424 g/mol. The number of hydrogen-bond donors (Lipinski definition) is 4. The van der Waals surface area contributed by atoms with Gasteiger partial charge >= 0.3 is 6.18 Å². The molecule has 0 bridgehead atoms. The molecule has 1 saturated carbocycles. The molecule has 0 saturated heterocycles. The minimum absolute atomic E-state index is 0.0162. The number of amides is 1. The summed E-state index contributed by atoms with van der Waals surface area (Å²) in [5.74, 6) is 0.500. The van der Waals surface area contributed by atoms with Gasteiger partial charge in [0, 0.05) is 43.6 Å². The molecule has 3 aromatic heterocycles. The van der Waals surface area contributed by atoms with Gasteiger partial charge in [0.15, 0.2) is 11.3 Å². The summed E-state index contributed by atoms with van der Waals surface area (Å²) in [6, 6.07) is 1.08. The molecule has 1 aliphatic rings. The van der Waals surface area contributed by atoms with Gasteiger partial charge in [-0.25, -0.2) is 9.97 Å². The number of carbonyl (C=O) groups excluding carboxylic acids is 1. The van der Waals surface area contributed by atoms with Gasteiger partial charge in [-0.1, -0.05) is 5.16 Å². The first kappa shape index (κ1) is 20.1. The van der Waals surface area contributed by atoms with Crippen LogP contribution in [-0.4, -0.2) is 55.5 Å². The fourth-order valence-electron chi connectivity index (χ4n) is 3.47. The number of rotatable bonds is 6. The molecule has 1 aliphatic carbocycles. The summed E-state index contributed by atoms with van der Waals surface area (Å²) >= 11 is 0. The Kier molecular flexibility index (Phi) is 4.88. The quantitative estimate of drug-likeness (QED) is 0.477. The number of anilines is 1. The van der Waals surface area contributed by atoms with Gasteiger partial charge in [-0.05, 0) is 13.0 Å². The van der Waals surface area contributed by atoms with Crippen LogP contribution in [0.3, 0.4) is 0 Å². The maximum Gasteiger partial charge on any atom is 0.417 e. The van der Waals surface area contributed by atoms with E-state index in [4.69, 9.17) is 4.52 Å². The van der Waals surface area contributed by atoms with Crippen LogP contribution >= 0.6 is 0 Å². The van der Waals surface area contributed by atoms with Crippen molar-refractivity contribution < 1.29 is 27.6 Å². The Morgan fingerprint density at radius 2 is 2.17 bits per heavy atom. The number of nitrogens with one attached hydrogen (secondary N) is 3. The number of nitrogens with zero attached hydrogens (tertiary/aromatic N) is 3. The molecule has 1 fully saturated rings. The van der Waals surface area contributed by atoms with Crippen LogP contribution in [0.15, 0.2) is 23.1 Å². The minimum atomic E-state index is -4.71. The Labute approximate surface area is 168 Å². The molecule has 3 aromatic rings. The number of carbonyl (C=O) groups is 1. The first-order valence-corrected chi connectivity index (χ1v) is 9.25. The fraction of sp³-hybridized carbons (Fsp3) is 0.444. The van der Waals surface area contributed by atoms with Crippen molar-refractivity contribution in [2.75, 3.05) is 11.9 Å². The lowest BCUT2D eigenvalue weighted by molar-refractivity contribution is -0.291. The van der Waals surface area contributed by atoms with Crippen LogP contribution in [-0.2, 0) is 6.42 Å². The number of fused-ring (bicyclic) bond motifs is 1. The Balaban J connectivity index is 1.33. The normalized spacial score (nSPS) is 21.4. The first-order chi connectivity index (χ1) is 14.2. The van der Waals surface area contributed by atoms with E-state index >= 15 is 0 Å². The van der Waals surface area contributed by atoms with E-state index in [1.165, 1.54) is 6.33 Å². The lowest BCUT2D eigenvalue weighted by atomic mass is 9.75. The van der Waals surface area contributed by atoms with Crippen LogP contribution in [0.2, 0.25) is 0 Å². The second-order valence-corrected chi connectivity index (χ2v) is 7.33. The van der Waals surface area contributed by atoms with Crippen molar-refractivity contribution in [2.24, 2.45) is 0 Å². The SMILES string of the molecule is Cc1c(C(=O)NC2CC(O)(C(F)(F)F)C2)noc1CCNc1ncnc2[nH]ccc12. The molecule has 0 unspecified atom stereocenters. The van der Waals surface area contributed by atoms with E-state index in [1.807, 2.05) is 6.07 Å². The maximum absolute atomic E-state index is 12.7. The van der Waals surface area contributed by atoms with E-state index in [9.17, 15) is 23.1 Å². The molecule has 0 radical (unpaired) electrons. The van der Waals surface area contributed by atoms with Crippen molar-refractivity contribution in [1.29, 1.82) is 0 Å². The third-order valence-corrected chi connectivity index (χ3v) is 5.27. The fourth-order valence-corrected chi connectivity index (χ4v) is 3.47. The molecule has 4 rings (SSSR count). The highest BCUT2D eigenvalue weighted by Crippen LogP contribution is 2.45. The topological polar surface area (TPSA) is 129 Å². The van der Waals surface area contributed by atoms with Crippen molar-refractivity contribution in [3.05, 3.63) is 35.6 Å². The summed E-state index contributed by atoms with van der Waals surface area (Å²) in [5.41, 5.74) is -1.51. The summed E-state index contributed by atoms with van der Waals surface area (Å²) in [4.78, 5) is 23.6. The number of halogens is 3. The van der Waals surface area contributed by atoms with E-state index in [0.29, 0.717) is 35.8 Å². The molecule has 3 heterocycles. The third-order valence-electron chi connectivity index (χ3n) is 5.27. The van der Waals surface area contributed by atoms with Gasteiger partial charge in [-0.2, -0.15) is 13.2 Å². The third kappa shape index (κ3) is 3.58. The second kappa shape index (κ2) is 7.27. The highest BCUT2D eigenvalue weighted by atomic mass is 19.4. The number of alkyl halides is 3. The maximum atomic E-state index is 12.7. The number of hydrogen-bond acceptors (Lipinski definition) is 7. The number of aromatic nitrogens is 4. The zero-order chi connectivity index (χ0) is 21.5. The predicted octanol–water partition coefficient (Wildman–Crippen LogP) is 2.09. The number of aliphatic hydroxyl groups is 1. The lowest BCUT2D eigenvalue weighted by Gasteiger charge is -2.44. The number of H-pyrrole nitrogens is 1. The van der Waals surface area contributed by atoms with E-state index in [1.54, 1.807) is 13.1 Å². The molecule has 9 nitrogen and oxygen atoms in total. The van der Waals surface area contributed by atoms with Crippen LogP contribution in [0, 0.1) is 6.92 Å². The van der Waals surface area contributed by atoms with Crippen LogP contribution in [0.25, 0.3) is 11.0 Å². The molecule has 0 aromatic carbocycles. The summed E-state index contributed by atoms with van der Waals surface area (Å²) in [7, 11) is 0. The van der Waals surface area contributed by atoms with Crippen molar-refractivity contribution >= 4 is 22.8 Å².